The van der Waals surface area contributed by atoms with Crippen LogP contribution in [0.15, 0.2) is 24.3 Å². The molecule has 29 heavy (non-hydrogen) atoms. The van der Waals surface area contributed by atoms with Crippen LogP contribution in [0.5, 0.6) is 0 Å². The second-order valence-corrected chi connectivity index (χ2v) is 9.52. The highest BCUT2D eigenvalue weighted by Gasteiger charge is 2.50. The molecule has 1 rings (SSSR count). The van der Waals surface area contributed by atoms with Crippen molar-refractivity contribution < 1.29 is 23.3 Å². The number of nitro groups is 1. The van der Waals surface area contributed by atoms with Gasteiger partial charge in [-0.25, -0.2) is 0 Å². The van der Waals surface area contributed by atoms with E-state index in [2.05, 4.69) is 10.6 Å². The first-order valence-electron chi connectivity index (χ1n) is 9.33. The Morgan fingerprint density at radius 3 is 1.86 bits per heavy atom. The van der Waals surface area contributed by atoms with Gasteiger partial charge in [-0.2, -0.15) is 13.6 Å². The molecule has 164 valence electrons. The van der Waals surface area contributed by atoms with Gasteiger partial charge < -0.3 is 0 Å². The molecule has 0 saturated heterocycles. The van der Waals surface area contributed by atoms with Gasteiger partial charge in [-0.15, -0.1) is 11.6 Å². The lowest BCUT2D eigenvalue weighted by atomic mass is 10.1. The standard InChI is InChI=1S/C18H29ClN3O6P/c1-12(2)26-29(27-13(3)4,28-14(5)6)21-20-18(23)11-17(19)15-7-9-16(10-8-15)22(24)25/h7-10,12-14,17,21H,11H2,1-6H3/p+1. The number of carbonyl (C=O) groups excluding carboxylic acids is 1. The molecule has 0 fully saturated rings. The molecule has 1 aromatic rings. The molecule has 0 saturated carbocycles. The first-order valence-corrected chi connectivity index (χ1v) is 11.3. The number of hydrogen-bond acceptors (Lipinski definition) is 7. The predicted molar refractivity (Wildman–Crippen MR) is 113 cm³/mol. The van der Waals surface area contributed by atoms with Gasteiger partial charge in [0.1, 0.15) is 18.3 Å². The van der Waals surface area contributed by atoms with Crippen molar-refractivity contribution in [3.63, 3.8) is 0 Å². The number of halogens is 1. The van der Waals surface area contributed by atoms with Gasteiger partial charge in [0.05, 0.1) is 10.3 Å². The summed E-state index contributed by atoms with van der Waals surface area (Å²) in [5.74, 6) is -0.403. The second kappa shape index (κ2) is 11.7. The minimum absolute atomic E-state index is 0.0409. The van der Waals surface area contributed by atoms with Crippen molar-refractivity contribution in [2.45, 2.75) is 71.7 Å². The summed E-state index contributed by atoms with van der Waals surface area (Å²) in [6.45, 7) is 11.1. The first-order chi connectivity index (χ1) is 13.4. The van der Waals surface area contributed by atoms with Crippen molar-refractivity contribution in [3.05, 3.63) is 39.9 Å². The van der Waals surface area contributed by atoms with Gasteiger partial charge in [0.25, 0.3) is 5.69 Å². The van der Waals surface area contributed by atoms with E-state index in [1.54, 1.807) is 0 Å². The van der Waals surface area contributed by atoms with Crippen molar-refractivity contribution in [2.24, 2.45) is 0 Å². The number of hydrogen-bond donors (Lipinski definition) is 2. The molecular formula is C18H30ClN3O6P+. The summed E-state index contributed by atoms with van der Waals surface area (Å²) in [5, 5.41) is 12.9. The highest BCUT2D eigenvalue weighted by atomic mass is 35.5. The molecule has 0 aliphatic carbocycles. The summed E-state index contributed by atoms with van der Waals surface area (Å²) in [4.78, 5) is 22.6. The van der Waals surface area contributed by atoms with E-state index in [-0.39, 0.29) is 30.4 Å². The zero-order chi connectivity index (χ0) is 22.2. The summed E-state index contributed by atoms with van der Waals surface area (Å²) in [7, 11) is -3.05. The molecule has 1 amide bonds. The maximum atomic E-state index is 12.4. The van der Waals surface area contributed by atoms with Crippen LogP contribution in [0.3, 0.4) is 0 Å². The van der Waals surface area contributed by atoms with E-state index >= 15 is 0 Å². The summed E-state index contributed by atoms with van der Waals surface area (Å²) < 4.78 is 17.6. The Labute approximate surface area is 177 Å². The smallest absolute Gasteiger partial charge is 0.274 e. The highest BCUT2D eigenvalue weighted by Crippen LogP contribution is 2.60. The maximum Gasteiger partial charge on any atom is 0.521 e. The van der Waals surface area contributed by atoms with Gasteiger partial charge in [0, 0.05) is 18.6 Å². The van der Waals surface area contributed by atoms with Crippen LogP contribution in [0.25, 0.3) is 0 Å². The molecule has 9 nitrogen and oxygen atoms in total. The number of hydrazine groups is 1. The van der Waals surface area contributed by atoms with E-state index in [4.69, 9.17) is 25.2 Å². The third-order valence-corrected chi connectivity index (χ3v) is 6.10. The summed E-state index contributed by atoms with van der Waals surface area (Å²) in [6, 6.07) is 5.75. The number of non-ortho nitro benzene ring substituents is 1. The fourth-order valence-electron chi connectivity index (χ4n) is 2.25. The second-order valence-electron chi connectivity index (χ2n) is 7.14. The molecule has 0 spiro atoms. The summed E-state index contributed by atoms with van der Waals surface area (Å²) in [5.41, 5.74) is 3.12. The van der Waals surface area contributed by atoms with Gasteiger partial charge in [0.2, 0.25) is 5.91 Å². The molecule has 1 aromatic carbocycles. The summed E-state index contributed by atoms with van der Waals surface area (Å²) in [6.07, 6.45) is -0.666. The molecular weight excluding hydrogens is 421 g/mol. The highest BCUT2D eigenvalue weighted by molar-refractivity contribution is 7.59. The number of alkyl halides is 1. The molecule has 0 bridgehead atoms. The fourth-order valence-corrected chi connectivity index (χ4v) is 4.77. The van der Waals surface area contributed by atoms with Crippen molar-refractivity contribution in [1.82, 2.24) is 10.6 Å². The van der Waals surface area contributed by atoms with E-state index in [1.807, 2.05) is 41.5 Å². The largest absolute Gasteiger partial charge is 0.521 e. The molecule has 0 aliphatic heterocycles. The van der Waals surface area contributed by atoms with E-state index in [0.29, 0.717) is 5.56 Å². The van der Waals surface area contributed by atoms with Gasteiger partial charge >= 0.3 is 8.09 Å². The lowest BCUT2D eigenvalue weighted by molar-refractivity contribution is -0.384. The molecule has 0 aliphatic rings. The van der Waals surface area contributed by atoms with Crippen molar-refractivity contribution in [2.75, 3.05) is 0 Å². The number of benzene rings is 1. The van der Waals surface area contributed by atoms with Gasteiger partial charge in [0.15, 0.2) is 0 Å². The van der Waals surface area contributed by atoms with Gasteiger partial charge in [-0.3, -0.25) is 20.3 Å². The molecule has 1 unspecified atom stereocenters. The molecule has 0 aromatic heterocycles. The Hall–Kier alpha value is -1.35. The molecule has 1 atom stereocenters. The maximum absolute atomic E-state index is 12.4. The molecule has 0 heterocycles. The minimum atomic E-state index is -3.05. The SMILES string of the molecule is CC(C)O[P+](NNC(=O)CC(Cl)c1ccc([N+](=O)[O-])cc1)(OC(C)C)OC(C)C. The monoisotopic (exact) mass is 450 g/mol. The third kappa shape index (κ3) is 9.33. The topological polar surface area (TPSA) is 112 Å². The zero-order valence-electron chi connectivity index (χ0n) is 17.5. The normalized spacial score (nSPS) is 13.2. The van der Waals surface area contributed by atoms with Crippen molar-refractivity contribution >= 4 is 31.3 Å². The molecule has 0 radical (unpaired) electrons. The Kier molecular flexibility index (Phi) is 10.4. The Balaban J connectivity index is 2.78. The molecule has 11 heteroatoms. The molecule has 2 N–H and O–H groups in total. The zero-order valence-corrected chi connectivity index (χ0v) is 19.2. The van der Waals surface area contributed by atoms with Crippen LogP contribution in [0.2, 0.25) is 0 Å². The Bertz CT molecular complexity index is 646. The van der Waals surface area contributed by atoms with Crippen LogP contribution in [-0.2, 0) is 18.4 Å². The predicted octanol–water partition coefficient (Wildman–Crippen LogP) is 4.84. The number of nitrogens with zero attached hydrogens (tertiary/aromatic N) is 1. The fraction of sp³-hybridized carbons (Fsp3) is 0.611. The van der Waals surface area contributed by atoms with Crippen LogP contribution in [0.4, 0.5) is 5.69 Å². The number of nitro benzene ring substituents is 1. The van der Waals surface area contributed by atoms with E-state index < -0.39 is 24.3 Å². The summed E-state index contributed by atoms with van der Waals surface area (Å²) >= 11 is 6.29. The Morgan fingerprint density at radius 1 is 1.03 bits per heavy atom. The number of rotatable bonds is 12. The van der Waals surface area contributed by atoms with Crippen LogP contribution in [0, 0.1) is 10.1 Å². The van der Waals surface area contributed by atoms with Crippen molar-refractivity contribution in [3.8, 4) is 0 Å². The quantitative estimate of drug-likeness (QED) is 0.203. The lowest BCUT2D eigenvalue weighted by Gasteiger charge is -2.26. The van der Waals surface area contributed by atoms with Crippen LogP contribution >= 0.6 is 19.7 Å². The minimum Gasteiger partial charge on any atom is -0.274 e. The van der Waals surface area contributed by atoms with Crippen LogP contribution in [0.1, 0.15) is 58.9 Å². The van der Waals surface area contributed by atoms with Gasteiger partial charge in [-0.1, -0.05) is 12.1 Å². The van der Waals surface area contributed by atoms with Gasteiger partial charge in [-0.05, 0) is 52.3 Å². The average Bonchev–Trinajstić information content (AvgIpc) is 2.58. The van der Waals surface area contributed by atoms with Crippen molar-refractivity contribution in [1.29, 1.82) is 0 Å². The lowest BCUT2D eigenvalue weighted by Crippen LogP contribution is -2.41. The van der Waals surface area contributed by atoms with Crippen LogP contribution in [-0.4, -0.2) is 29.1 Å². The number of carbonyl (C=O) groups is 1. The number of nitrogens with one attached hydrogen (secondary N) is 2. The van der Waals surface area contributed by atoms with E-state index in [0.717, 1.165) is 0 Å². The average molecular weight is 451 g/mol. The first kappa shape index (κ1) is 25.7. The third-order valence-electron chi connectivity index (χ3n) is 3.21. The van der Waals surface area contributed by atoms with Crippen LogP contribution < -0.4 is 10.6 Å². The van der Waals surface area contributed by atoms with E-state index in [9.17, 15) is 14.9 Å². The Morgan fingerprint density at radius 2 is 1.48 bits per heavy atom. The van der Waals surface area contributed by atoms with E-state index in [1.165, 1.54) is 24.3 Å². The number of amides is 1.